The summed E-state index contributed by atoms with van der Waals surface area (Å²) in [6.07, 6.45) is 8.21. The first kappa shape index (κ1) is 21.2. The molecule has 5 aromatic rings. The van der Waals surface area contributed by atoms with Gasteiger partial charge in [-0.2, -0.15) is 0 Å². The summed E-state index contributed by atoms with van der Waals surface area (Å²) in [6, 6.07) is 15.9. The van der Waals surface area contributed by atoms with Crippen molar-refractivity contribution >= 4 is 28.3 Å². The maximum Gasteiger partial charge on any atom is 0.306 e. The number of hydrogen-bond acceptors (Lipinski definition) is 6. The highest BCUT2D eigenvalue weighted by Gasteiger charge is 2.30. The van der Waals surface area contributed by atoms with Crippen molar-refractivity contribution in [3.05, 3.63) is 72.9 Å². The predicted octanol–water partition coefficient (Wildman–Crippen LogP) is 4.95. The van der Waals surface area contributed by atoms with E-state index in [1.807, 2.05) is 59.1 Å². The van der Waals surface area contributed by atoms with Gasteiger partial charge >= 0.3 is 5.97 Å². The Bertz CT molecular complexity index is 1550. The molecule has 1 fully saturated rings. The molecule has 0 amide bonds. The zero-order valence-corrected chi connectivity index (χ0v) is 19.0. The standard InChI is InChI=1S/C27H24N6O2/c28-25-24-23(32-26(33(24)13-12-29-25)17-6-8-18(9-7-17)27(34)35)19-10-11-20-21(14-19)31-22(15-30-20)16-4-2-1-3-5-16/h1-5,10-15,17-18H,6-9H2,(H2,28,29)(H,34,35). The van der Waals surface area contributed by atoms with Crippen molar-refractivity contribution in [1.82, 2.24) is 24.3 Å². The summed E-state index contributed by atoms with van der Waals surface area (Å²) in [4.78, 5) is 30.2. The monoisotopic (exact) mass is 464 g/mol. The number of carboxylic acid groups (broad SMARTS) is 1. The lowest BCUT2D eigenvalue weighted by atomic mass is 9.81. The smallest absolute Gasteiger partial charge is 0.306 e. The van der Waals surface area contributed by atoms with Gasteiger partial charge in [-0.25, -0.2) is 15.0 Å². The van der Waals surface area contributed by atoms with Crippen LogP contribution in [-0.2, 0) is 4.79 Å². The summed E-state index contributed by atoms with van der Waals surface area (Å²) in [5.74, 6) is 0.486. The molecule has 1 saturated carbocycles. The molecule has 0 atom stereocenters. The Morgan fingerprint density at radius 3 is 2.51 bits per heavy atom. The zero-order valence-electron chi connectivity index (χ0n) is 19.0. The first-order valence-corrected chi connectivity index (χ1v) is 11.8. The molecule has 174 valence electrons. The molecule has 1 aliphatic rings. The number of aliphatic carboxylic acids is 1. The lowest BCUT2D eigenvalue weighted by Gasteiger charge is -2.25. The molecule has 3 heterocycles. The number of hydrogen-bond donors (Lipinski definition) is 2. The zero-order chi connectivity index (χ0) is 23.9. The van der Waals surface area contributed by atoms with Crippen molar-refractivity contribution in [3.63, 3.8) is 0 Å². The van der Waals surface area contributed by atoms with Crippen LogP contribution in [-0.4, -0.2) is 35.4 Å². The third kappa shape index (κ3) is 3.77. The molecule has 0 saturated heterocycles. The third-order valence-electron chi connectivity index (χ3n) is 6.94. The molecule has 0 unspecified atom stereocenters. The van der Waals surface area contributed by atoms with Gasteiger partial charge in [-0.15, -0.1) is 0 Å². The highest BCUT2D eigenvalue weighted by molar-refractivity contribution is 5.90. The summed E-state index contributed by atoms with van der Waals surface area (Å²) >= 11 is 0. The molecule has 3 aromatic heterocycles. The minimum Gasteiger partial charge on any atom is -0.481 e. The summed E-state index contributed by atoms with van der Waals surface area (Å²) in [5.41, 5.74) is 12.1. The van der Waals surface area contributed by atoms with Crippen LogP contribution in [0, 0.1) is 5.92 Å². The van der Waals surface area contributed by atoms with Crippen molar-refractivity contribution in [2.45, 2.75) is 31.6 Å². The van der Waals surface area contributed by atoms with Gasteiger partial charge in [-0.05, 0) is 37.8 Å². The van der Waals surface area contributed by atoms with Gasteiger partial charge in [0.1, 0.15) is 22.9 Å². The van der Waals surface area contributed by atoms with Gasteiger partial charge in [-0.1, -0.05) is 36.4 Å². The van der Waals surface area contributed by atoms with Crippen LogP contribution in [0.1, 0.15) is 37.4 Å². The molecule has 3 N–H and O–H groups in total. The fourth-order valence-corrected chi connectivity index (χ4v) is 5.08. The average molecular weight is 465 g/mol. The topological polar surface area (TPSA) is 119 Å². The van der Waals surface area contributed by atoms with Crippen LogP contribution >= 0.6 is 0 Å². The van der Waals surface area contributed by atoms with Crippen LogP contribution in [0.5, 0.6) is 0 Å². The Kier molecular flexibility index (Phi) is 5.13. The maximum absolute atomic E-state index is 11.4. The highest BCUT2D eigenvalue weighted by atomic mass is 16.4. The van der Waals surface area contributed by atoms with Gasteiger partial charge in [-0.3, -0.25) is 14.2 Å². The summed E-state index contributed by atoms with van der Waals surface area (Å²) in [6.45, 7) is 0. The van der Waals surface area contributed by atoms with E-state index in [1.165, 1.54) is 0 Å². The number of imidazole rings is 1. The van der Waals surface area contributed by atoms with E-state index in [-0.39, 0.29) is 11.8 Å². The van der Waals surface area contributed by atoms with Crippen LogP contribution in [0.2, 0.25) is 0 Å². The second-order valence-electron chi connectivity index (χ2n) is 9.06. The highest BCUT2D eigenvalue weighted by Crippen LogP contribution is 2.39. The van der Waals surface area contributed by atoms with E-state index >= 15 is 0 Å². The fraction of sp³-hybridized carbons (Fsp3) is 0.222. The van der Waals surface area contributed by atoms with E-state index in [0.29, 0.717) is 18.7 Å². The summed E-state index contributed by atoms with van der Waals surface area (Å²) in [7, 11) is 0. The number of rotatable bonds is 4. The number of fused-ring (bicyclic) bond motifs is 2. The Balaban J connectivity index is 1.44. The quantitative estimate of drug-likeness (QED) is 0.386. The first-order valence-electron chi connectivity index (χ1n) is 11.8. The lowest BCUT2D eigenvalue weighted by Crippen LogP contribution is -2.21. The van der Waals surface area contributed by atoms with Gasteiger partial charge in [0, 0.05) is 29.4 Å². The molecular weight excluding hydrogens is 440 g/mol. The summed E-state index contributed by atoms with van der Waals surface area (Å²) in [5, 5.41) is 9.38. The molecule has 0 bridgehead atoms. The van der Waals surface area contributed by atoms with Crippen molar-refractivity contribution in [2.75, 3.05) is 5.73 Å². The van der Waals surface area contributed by atoms with Crippen molar-refractivity contribution in [3.8, 4) is 22.5 Å². The van der Waals surface area contributed by atoms with E-state index in [0.717, 1.165) is 57.7 Å². The van der Waals surface area contributed by atoms with Crippen LogP contribution in [0.15, 0.2) is 67.1 Å². The molecule has 8 nitrogen and oxygen atoms in total. The van der Waals surface area contributed by atoms with Gasteiger partial charge in [0.15, 0.2) is 0 Å². The normalized spacial score (nSPS) is 18.2. The number of nitrogen functional groups attached to an aromatic ring is 1. The Hall–Kier alpha value is -4.33. The second kappa shape index (κ2) is 8.47. The van der Waals surface area contributed by atoms with Gasteiger partial charge in [0.2, 0.25) is 0 Å². The molecule has 0 aliphatic heterocycles. The van der Waals surface area contributed by atoms with Gasteiger partial charge in [0.25, 0.3) is 0 Å². The van der Waals surface area contributed by atoms with Gasteiger partial charge < -0.3 is 10.8 Å². The van der Waals surface area contributed by atoms with Crippen LogP contribution < -0.4 is 5.73 Å². The van der Waals surface area contributed by atoms with E-state index in [2.05, 4.69) is 9.97 Å². The lowest BCUT2D eigenvalue weighted by molar-refractivity contribution is -0.142. The molecule has 0 spiro atoms. The number of nitrogens with two attached hydrogens (primary N) is 1. The Morgan fingerprint density at radius 1 is 0.943 bits per heavy atom. The van der Waals surface area contributed by atoms with Gasteiger partial charge in [0.05, 0.1) is 28.8 Å². The number of carboxylic acids is 1. The predicted molar refractivity (Wildman–Crippen MR) is 134 cm³/mol. The first-order chi connectivity index (χ1) is 17.1. The van der Waals surface area contributed by atoms with Crippen molar-refractivity contribution in [2.24, 2.45) is 5.92 Å². The second-order valence-corrected chi connectivity index (χ2v) is 9.06. The largest absolute Gasteiger partial charge is 0.481 e. The number of aromatic nitrogens is 5. The number of anilines is 1. The molecule has 8 heteroatoms. The van der Waals surface area contributed by atoms with E-state index in [1.54, 1.807) is 12.4 Å². The van der Waals surface area contributed by atoms with Crippen LogP contribution in [0.4, 0.5) is 5.82 Å². The summed E-state index contributed by atoms with van der Waals surface area (Å²) < 4.78 is 2.01. The number of carbonyl (C=O) groups is 1. The van der Waals surface area contributed by atoms with E-state index in [9.17, 15) is 9.90 Å². The fourth-order valence-electron chi connectivity index (χ4n) is 5.08. The SMILES string of the molecule is Nc1nccn2c(C3CCC(C(=O)O)CC3)nc(-c3ccc4ncc(-c5ccccc5)nc4c3)c12. The minimum atomic E-state index is -0.710. The maximum atomic E-state index is 11.4. The molecule has 6 rings (SSSR count). The number of nitrogens with zero attached hydrogens (tertiary/aromatic N) is 5. The Morgan fingerprint density at radius 2 is 1.74 bits per heavy atom. The third-order valence-corrected chi connectivity index (χ3v) is 6.94. The molecule has 1 aliphatic carbocycles. The van der Waals surface area contributed by atoms with E-state index in [4.69, 9.17) is 15.7 Å². The molecule has 0 radical (unpaired) electrons. The van der Waals surface area contributed by atoms with Crippen LogP contribution in [0.25, 0.3) is 39.1 Å². The Labute approximate surface area is 201 Å². The average Bonchev–Trinajstić information content (AvgIpc) is 3.30. The van der Waals surface area contributed by atoms with E-state index < -0.39 is 5.97 Å². The van der Waals surface area contributed by atoms with Crippen LogP contribution in [0.3, 0.4) is 0 Å². The number of benzene rings is 2. The van der Waals surface area contributed by atoms with Crippen molar-refractivity contribution < 1.29 is 9.90 Å². The molecular formula is C27H24N6O2. The molecule has 2 aromatic carbocycles. The molecule has 35 heavy (non-hydrogen) atoms. The minimum absolute atomic E-state index is 0.165. The van der Waals surface area contributed by atoms with Crippen molar-refractivity contribution in [1.29, 1.82) is 0 Å².